The van der Waals surface area contributed by atoms with Crippen LogP contribution in [0.1, 0.15) is 36.0 Å². The van der Waals surface area contributed by atoms with Crippen LogP contribution in [0, 0.1) is 5.92 Å². The molecule has 112 valence electrons. The Morgan fingerprint density at radius 3 is 2.29 bits per heavy atom. The van der Waals surface area contributed by atoms with Crippen LogP contribution in [0.5, 0.6) is 0 Å². The zero-order valence-corrected chi connectivity index (χ0v) is 12.0. The van der Waals surface area contributed by atoms with Crippen LogP contribution in [0.3, 0.4) is 0 Å². The highest BCUT2D eigenvalue weighted by atomic mass is 16.2. The van der Waals surface area contributed by atoms with Crippen LogP contribution in [0.4, 0.5) is 5.69 Å². The summed E-state index contributed by atoms with van der Waals surface area (Å²) in [6.45, 7) is 1.80. The number of nitrogens with one attached hydrogen (secondary N) is 3. The van der Waals surface area contributed by atoms with E-state index in [0.717, 1.165) is 44.5 Å². The highest BCUT2D eigenvalue weighted by Gasteiger charge is 2.24. The van der Waals surface area contributed by atoms with Gasteiger partial charge in [-0.3, -0.25) is 9.59 Å². The molecule has 2 amide bonds. The average Bonchev–Trinajstić information content (AvgIpc) is 3.33. The van der Waals surface area contributed by atoms with Crippen LogP contribution in [-0.2, 0) is 4.79 Å². The van der Waals surface area contributed by atoms with Crippen molar-refractivity contribution in [1.82, 2.24) is 10.6 Å². The minimum absolute atomic E-state index is 0.0336. The van der Waals surface area contributed by atoms with E-state index < -0.39 is 0 Å². The Morgan fingerprint density at radius 1 is 1.00 bits per heavy atom. The zero-order valence-electron chi connectivity index (χ0n) is 12.0. The standard InChI is InChI=1S/C16H21N3O2/c20-15(19-14-5-6-14)11-1-3-13(4-2-11)18-16(21)12-7-9-17-10-8-12/h1-4,12,14,17H,5-10H2,(H,18,21)(H,19,20). The van der Waals surface area contributed by atoms with Crippen molar-refractivity contribution in [1.29, 1.82) is 0 Å². The van der Waals surface area contributed by atoms with Crippen molar-refractivity contribution < 1.29 is 9.59 Å². The van der Waals surface area contributed by atoms with E-state index in [1.165, 1.54) is 0 Å². The molecule has 0 radical (unpaired) electrons. The number of hydrogen-bond donors (Lipinski definition) is 3. The molecule has 1 aromatic carbocycles. The largest absolute Gasteiger partial charge is 0.349 e. The topological polar surface area (TPSA) is 70.2 Å². The lowest BCUT2D eigenvalue weighted by molar-refractivity contribution is -0.120. The Hall–Kier alpha value is -1.88. The summed E-state index contributed by atoms with van der Waals surface area (Å²) in [6.07, 6.45) is 3.92. The number of amides is 2. The van der Waals surface area contributed by atoms with Crippen LogP contribution in [0.2, 0.25) is 0 Å². The van der Waals surface area contributed by atoms with Gasteiger partial charge >= 0.3 is 0 Å². The molecule has 1 saturated carbocycles. The smallest absolute Gasteiger partial charge is 0.251 e. The van der Waals surface area contributed by atoms with Gasteiger partial charge in [0, 0.05) is 23.2 Å². The summed E-state index contributed by atoms with van der Waals surface area (Å²) >= 11 is 0. The normalized spacial score (nSPS) is 19.0. The first-order valence-electron chi connectivity index (χ1n) is 7.65. The highest BCUT2D eigenvalue weighted by molar-refractivity contribution is 5.96. The second kappa shape index (κ2) is 6.26. The predicted molar refractivity (Wildman–Crippen MR) is 81.2 cm³/mol. The molecule has 2 fully saturated rings. The highest BCUT2D eigenvalue weighted by Crippen LogP contribution is 2.20. The number of carbonyl (C=O) groups excluding carboxylic acids is 2. The van der Waals surface area contributed by atoms with Gasteiger partial charge in [0.25, 0.3) is 5.91 Å². The van der Waals surface area contributed by atoms with Gasteiger partial charge in [0.1, 0.15) is 0 Å². The van der Waals surface area contributed by atoms with Gasteiger partial charge in [0.15, 0.2) is 0 Å². The quantitative estimate of drug-likeness (QED) is 0.786. The van der Waals surface area contributed by atoms with Crippen LogP contribution >= 0.6 is 0 Å². The molecule has 0 bridgehead atoms. The number of hydrogen-bond acceptors (Lipinski definition) is 3. The second-order valence-corrected chi connectivity index (χ2v) is 5.84. The van der Waals surface area contributed by atoms with E-state index in [4.69, 9.17) is 0 Å². The molecule has 5 heteroatoms. The maximum atomic E-state index is 12.1. The molecule has 1 saturated heterocycles. The van der Waals surface area contributed by atoms with Gasteiger partial charge in [-0.15, -0.1) is 0 Å². The number of piperidine rings is 1. The van der Waals surface area contributed by atoms with Gasteiger partial charge in [-0.2, -0.15) is 0 Å². The van der Waals surface area contributed by atoms with E-state index in [1.54, 1.807) is 24.3 Å². The summed E-state index contributed by atoms with van der Waals surface area (Å²) in [5.74, 6) is 0.129. The number of benzene rings is 1. The molecule has 0 unspecified atom stereocenters. The van der Waals surface area contributed by atoms with Crippen molar-refractivity contribution in [2.24, 2.45) is 5.92 Å². The molecule has 0 spiro atoms. The third-order valence-corrected chi connectivity index (χ3v) is 4.04. The molecule has 0 atom stereocenters. The monoisotopic (exact) mass is 287 g/mol. The lowest BCUT2D eigenvalue weighted by atomic mass is 9.97. The van der Waals surface area contributed by atoms with Crippen molar-refractivity contribution in [2.45, 2.75) is 31.7 Å². The summed E-state index contributed by atoms with van der Waals surface area (Å²) in [5.41, 5.74) is 1.39. The number of anilines is 1. The summed E-state index contributed by atoms with van der Waals surface area (Å²) < 4.78 is 0. The Bertz CT molecular complexity index is 517. The summed E-state index contributed by atoms with van der Waals surface area (Å²) in [4.78, 5) is 24.0. The molecule has 21 heavy (non-hydrogen) atoms. The van der Waals surface area contributed by atoms with Gasteiger partial charge in [0.05, 0.1) is 0 Å². The van der Waals surface area contributed by atoms with Gasteiger partial charge in [-0.1, -0.05) is 0 Å². The zero-order chi connectivity index (χ0) is 14.7. The third kappa shape index (κ3) is 3.82. The van der Waals surface area contributed by atoms with Crippen LogP contribution < -0.4 is 16.0 Å². The van der Waals surface area contributed by atoms with E-state index in [-0.39, 0.29) is 17.7 Å². The molecule has 1 aromatic rings. The van der Waals surface area contributed by atoms with Crippen molar-refractivity contribution >= 4 is 17.5 Å². The van der Waals surface area contributed by atoms with Gasteiger partial charge in [0.2, 0.25) is 5.91 Å². The molecular weight excluding hydrogens is 266 g/mol. The molecular formula is C16H21N3O2. The van der Waals surface area contributed by atoms with Crippen LogP contribution in [-0.4, -0.2) is 30.9 Å². The molecule has 2 aliphatic rings. The first kappa shape index (κ1) is 14.1. The number of carbonyl (C=O) groups is 2. The SMILES string of the molecule is O=C(NC1CC1)c1ccc(NC(=O)C2CCNCC2)cc1. The van der Waals surface area contributed by atoms with Crippen molar-refractivity contribution in [3.63, 3.8) is 0 Å². The summed E-state index contributed by atoms with van der Waals surface area (Å²) in [6, 6.07) is 7.46. The first-order valence-corrected chi connectivity index (χ1v) is 7.65. The molecule has 1 aliphatic carbocycles. The van der Waals surface area contributed by atoms with Gasteiger partial charge in [-0.25, -0.2) is 0 Å². The lowest BCUT2D eigenvalue weighted by Crippen LogP contribution is -2.34. The first-order chi connectivity index (χ1) is 10.2. The van der Waals surface area contributed by atoms with E-state index >= 15 is 0 Å². The van der Waals surface area contributed by atoms with E-state index in [0.29, 0.717) is 11.6 Å². The van der Waals surface area contributed by atoms with Crippen molar-refractivity contribution in [2.75, 3.05) is 18.4 Å². The summed E-state index contributed by atoms with van der Waals surface area (Å²) in [7, 11) is 0. The van der Waals surface area contributed by atoms with E-state index in [9.17, 15) is 9.59 Å². The molecule has 3 N–H and O–H groups in total. The lowest BCUT2D eigenvalue weighted by Gasteiger charge is -2.21. The minimum Gasteiger partial charge on any atom is -0.349 e. The maximum Gasteiger partial charge on any atom is 0.251 e. The minimum atomic E-state index is -0.0336. The second-order valence-electron chi connectivity index (χ2n) is 5.84. The Balaban J connectivity index is 1.55. The average molecular weight is 287 g/mol. The molecule has 0 aromatic heterocycles. The van der Waals surface area contributed by atoms with Crippen molar-refractivity contribution in [3.8, 4) is 0 Å². The molecule has 5 nitrogen and oxygen atoms in total. The third-order valence-electron chi connectivity index (χ3n) is 4.04. The molecule has 1 heterocycles. The maximum absolute atomic E-state index is 12.1. The van der Waals surface area contributed by atoms with Gasteiger partial charge < -0.3 is 16.0 Å². The van der Waals surface area contributed by atoms with E-state index in [2.05, 4.69) is 16.0 Å². The molecule has 1 aliphatic heterocycles. The fourth-order valence-corrected chi connectivity index (χ4v) is 2.53. The van der Waals surface area contributed by atoms with Crippen LogP contribution in [0.15, 0.2) is 24.3 Å². The predicted octanol–water partition coefficient (Wildman–Crippen LogP) is 1.52. The summed E-state index contributed by atoms with van der Waals surface area (Å²) in [5, 5.41) is 9.13. The fraction of sp³-hybridized carbons (Fsp3) is 0.500. The fourth-order valence-electron chi connectivity index (χ4n) is 2.53. The van der Waals surface area contributed by atoms with Gasteiger partial charge in [-0.05, 0) is 63.0 Å². The van der Waals surface area contributed by atoms with Crippen LogP contribution in [0.25, 0.3) is 0 Å². The Labute approximate surface area is 124 Å². The van der Waals surface area contributed by atoms with Crippen molar-refractivity contribution in [3.05, 3.63) is 29.8 Å². The Kier molecular flexibility index (Phi) is 4.20. The Morgan fingerprint density at radius 2 is 1.67 bits per heavy atom. The van der Waals surface area contributed by atoms with E-state index in [1.807, 2.05) is 0 Å². The number of rotatable bonds is 4. The molecule has 3 rings (SSSR count).